The highest BCUT2D eigenvalue weighted by molar-refractivity contribution is 6.35. The van der Waals surface area contributed by atoms with Gasteiger partial charge in [0.25, 0.3) is 0 Å². The van der Waals surface area contributed by atoms with Crippen LogP contribution in [0.4, 0.5) is 0 Å². The third-order valence-corrected chi connectivity index (χ3v) is 2.74. The third kappa shape index (κ3) is 2.36. The molecule has 0 radical (unpaired) electrons. The molecule has 0 atom stereocenters. The van der Waals surface area contributed by atoms with Crippen LogP contribution in [0.5, 0.6) is 5.75 Å². The van der Waals surface area contributed by atoms with Crippen LogP contribution in [0.2, 0.25) is 10.0 Å². The zero-order chi connectivity index (χ0) is 10.8. The Kier molecular flexibility index (Phi) is 3.03. The molecule has 1 aromatic carbocycles. The lowest BCUT2D eigenvalue weighted by Gasteiger charge is -2.36. The predicted octanol–water partition coefficient (Wildman–Crippen LogP) is 2.21. The van der Waals surface area contributed by atoms with E-state index >= 15 is 0 Å². The second kappa shape index (κ2) is 4.29. The van der Waals surface area contributed by atoms with Crippen LogP contribution in [0.3, 0.4) is 0 Å². The van der Waals surface area contributed by atoms with E-state index in [0.29, 0.717) is 28.9 Å². The molecule has 0 bridgehead atoms. The van der Waals surface area contributed by atoms with Crippen LogP contribution in [0.15, 0.2) is 18.2 Å². The van der Waals surface area contributed by atoms with Crippen LogP contribution in [-0.4, -0.2) is 30.5 Å². The molecule has 15 heavy (non-hydrogen) atoms. The van der Waals surface area contributed by atoms with Crippen LogP contribution >= 0.6 is 23.2 Å². The zero-order valence-electron chi connectivity index (χ0n) is 7.82. The Hall–Kier alpha value is -0.930. The monoisotopic (exact) mass is 245 g/mol. The van der Waals surface area contributed by atoms with Gasteiger partial charge in [0.15, 0.2) is 0 Å². The Morgan fingerprint density at radius 3 is 2.73 bits per heavy atom. The fourth-order valence-corrected chi connectivity index (χ4v) is 1.83. The van der Waals surface area contributed by atoms with Crippen molar-refractivity contribution in [3.63, 3.8) is 0 Å². The molecule has 1 amide bonds. The van der Waals surface area contributed by atoms with Crippen LogP contribution in [0.25, 0.3) is 0 Å². The minimum atomic E-state index is 0.0360. The maximum atomic E-state index is 10.3. The average Bonchev–Trinajstić information content (AvgIpc) is 2.13. The lowest BCUT2D eigenvalue weighted by molar-refractivity contribution is -0.126. The normalized spacial score (nSPS) is 16.0. The van der Waals surface area contributed by atoms with Gasteiger partial charge in [-0.25, -0.2) is 0 Å². The molecule has 1 aromatic rings. The average molecular weight is 246 g/mol. The number of likely N-dealkylation sites (tertiary alicyclic amines) is 1. The van der Waals surface area contributed by atoms with Gasteiger partial charge in [0.2, 0.25) is 6.41 Å². The van der Waals surface area contributed by atoms with Crippen LogP contribution < -0.4 is 4.74 Å². The van der Waals surface area contributed by atoms with Gasteiger partial charge < -0.3 is 9.64 Å². The van der Waals surface area contributed by atoms with E-state index in [9.17, 15) is 4.79 Å². The Balaban J connectivity index is 1.97. The van der Waals surface area contributed by atoms with E-state index in [1.807, 2.05) is 0 Å². The molecule has 2 rings (SSSR count). The topological polar surface area (TPSA) is 29.5 Å². The number of ether oxygens (including phenoxy) is 1. The Morgan fingerprint density at radius 2 is 2.13 bits per heavy atom. The summed E-state index contributed by atoms with van der Waals surface area (Å²) in [5.41, 5.74) is 0. The van der Waals surface area contributed by atoms with Crippen molar-refractivity contribution in [2.75, 3.05) is 13.1 Å². The largest absolute Gasteiger partial charge is 0.485 e. The summed E-state index contributed by atoms with van der Waals surface area (Å²) in [6, 6.07) is 5.09. The number of halogens is 2. The fraction of sp³-hybridized carbons (Fsp3) is 0.300. The van der Waals surface area contributed by atoms with Crippen molar-refractivity contribution >= 4 is 29.6 Å². The van der Waals surface area contributed by atoms with E-state index in [2.05, 4.69) is 0 Å². The van der Waals surface area contributed by atoms with E-state index in [4.69, 9.17) is 27.9 Å². The van der Waals surface area contributed by atoms with Crippen molar-refractivity contribution in [3.05, 3.63) is 28.2 Å². The summed E-state index contributed by atoms with van der Waals surface area (Å²) in [5, 5.41) is 1.07. The van der Waals surface area contributed by atoms with Gasteiger partial charge in [-0.05, 0) is 18.2 Å². The van der Waals surface area contributed by atoms with Gasteiger partial charge in [0.05, 0.1) is 18.1 Å². The minimum absolute atomic E-state index is 0.0360. The van der Waals surface area contributed by atoms with E-state index in [1.165, 1.54) is 0 Å². The zero-order valence-corrected chi connectivity index (χ0v) is 9.33. The lowest BCUT2D eigenvalue weighted by atomic mass is 10.2. The SMILES string of the molecule is O=CN1CC(Oc2ccc(Cl)cc2Cl)C1. The van der Waals surface area contributed by atoms with E-state index in [1.54, 1.807) is 23.1 Å². The molecule has 3 nitrogen and oxygen atoms in total. The first-order chi connectivity index (χ1) is 7.19. The fourth-order valence-electron chi connectivity index (χ4n) is 1.38. The molecule has 1 aliphatic heterocycles. The molecule has 1 aliphatic rings. The highest BCUT2D eigenvalue weighted by atomic mass is 35.5. The summed E-state index contributed by atoms with van der Waals surface area (Å²) in [4.78, 5) is 12.0. The molecule has 0 aromatic heterocycles. The molecule has 1 saturated heterocycles. The van der Waals surface area contributed by atoms with E-state index in [-0.39, 0.29) is 6.10 Å². The maximum absolute atomic E-state index is 10.3. The minimum Gasteiger partial charge on any atom is -0.485 e. The first kappa shape index (κ1) is 10.6. The molecule has 0 spiro atoms. The summed E-state index contributed by atoms with van der Waals surface area (Å²) >= 11 is 11.7. The number of nitrogens with zero attached hydrogens (tertiary/aromatic N) is 1. The number of amides is 1. The first-order valence-corrected chi connectivity index (χ1v) is 5.25. The smallest absolute Gasteiger partial charge is 0.209 e. The van der Waals surface area contributed by atoms with Gasteiger partial charge in [-0.1, -0.05) is 23.2 Å². The maximum Gasteiger partial charge on any atom is 0.209 e. The Bertz CT molecular complexity index is 378. The number of rotatable bonds is 3. The van der Waals surface area contributed by atoms with Gasteiger partial charge in [0.1, 0.15) is 11.9 Å². The molecule has 0 saturated carbocycles. The standard InChI is InChI=1S/C10H9Cl2NO2/c11-7-1-2-10(9(12)3-7)15-8-4-13(5-8)6-14/h1-3,6,8H,4-5H2. The number of benzene rings is 1. The Morgan fingerprint density at radius 1 is 1.40 bits per heavy atom. The van der Waals surface area contributed by atoms with Gasteiger partial charge in [-0.15, -0.1) is 0 Å². The quantitative estimate of drug-likeness (QED) is 0.765. The number of carbonyl (C=O) groups is 1. The van der Waals surface area contributed by atoms with Crippen molar-refractivity contribution < 1.29 is 9.53 Å². The highest BCUT2D eigenvalue weighted by Gasteiger charge is 2.27. The predicted molar refractivity (Wildman–Crippen MR) is 58.5 cm³/mol. The summed E-state index contributed by atoms with van der Waals surface area (Å²) < 4.78 is 5.58. The van der Waals surface area contributed by atoms with E-state index < -0.39 is 0 Å². The summed E-state index contributed by atoms with van der Waals surface area (Å²) in [7, 11) is 0. The second-order valence-electron chi connectivity index (χ2n) is 3.37. The highest BCUT2D eigenvalue weighted by Crippen LogP contribution is 2.29. The molecular formula is C10H9Cl2NO2. The van der Waals surface area contributed by atoms with Gasteiger partial charge in [-0.2, -0.15) is 0 Å². The van der Waals surface area contributed by atoms with Crippen molar-refractivity contribution in [2.24, 2.45) is 0 Å². The number of carbonyl (C=O) groups excluding carboxylic acids is 1. The molecule has 0 N–H and O–H groups in total. The van der Waals surface area contributed by atoms with Gasteiger partial charge in [0, 0.05) is 5.02 Å². The summed E-state index contributed by atoms with van der Waals surface area (Å²) in [6.07, 6.45) is 0.845. The summed E-state index contributed by atoms with van der Waals surface area (Å²) in [6.45, 7) is 1.23. The Labute approximate surface area is 97.5 Å². The molecule has 5 heteroatoms. The molecule has 1 fully saturated rings. The van der Waals surface area contributed by atoms with Gasteiger partial charge in [-0.3, -0.25) is 4.79 Å². The van der Waals surface area contributed by atoms with Crippen molar-refractivity contribution in [1.29, 1.82) is 0 Å². The molecule has 0 unspecified atom stereocenters. The molecule has 1 heterocycles. The van der Waals surface area contributed by atoms with Crippen molar-refractivity contribution in [3.8, 4) is 5.75 Å². The van der Waals surface area contributed by atoms with Crippen LogP contribution in [-0.2, 0) is 4.79 Å². The first-order valence-electron chi connectivity index (χ1n) is 4.50. The van der Waals surface area contributed by atoms with E-state index in [0.717, 1.165) is 6.41 Å². The van der Waals surface area contributed by atoms with Crippen LogP contribution in [0, 0.1) is 0 Å². The third-order valence-electron chi connectivity index (χ3n) is 2.21. The van der Waals surface area contributed by atoms with Crippen molar-refractivity contribution in [1.82, 2.24) is 4.90 Å². The summed E-state index contributed by atoms with van der Waals surface area (Å²) in [5.74, 6) is 0.608. The number of hydrogen-bond donors (Lipinski definition) is 0. The molecule has 0 aliphatic carbocycles. The molecular weight excluding hydrogens is 237 g/mol. The van der Waals surface area contributed by atoms with Gasteiger partial charge >= 0.3 is 0 Å². The number of hydrogen-bond acceptors (Lipinski definition) is 2. The molecule has 80 valence electrons. The second-order valence-corrected chi connectivity index (χ2v) is 4.22. The lowest BCUT2D eigenvalue weighted by Crippen LogP contribution is -2.52. The van der Waals surface area contributed by atoms with Crippen LogP contribution in [0.1, 0.15) is 0 Å². The van der Waals surface area contributed by atoms with Crippen molar-refractivity contribution in [2.45, 2.75) is 6.10 Å².